The van der Waals surface area contributed by atoms with E-state index in [4.69, 9.17) is 16.3 Å². The van der Waals surface area contributed by atoms with E-state index in [1.54, 1.807) is 0 Å². The van der Waals surface area contributed by atoms with Gasteiger partial charge in [-0.2, -0.15) is 0 Å². The number of pyridine rings is 1. The summed E-state index contributed by atoms with van der Waals surface area (Å²) in [6.45, 7) is 5.18. The Morgan fingerprint density at radius 1 is 1.39 bits per heavy atom. The van der Waals surface area contributed by atoms with Crippen LogP contribution in [0.4, 0.5) is 0 Å². The molecule has 0 atom stereocenters. The Labute approximate surface area is 110 Å². The Morgan fingerprint density at radius 2 is 2.17 bits per heavy atom. The summed E-state index contributed by atoms with van der Waals surface area (Å²) in [5.41, 5.74) is 2.94. The molecular formula is C12H15ClN4O. The van der Waals surface area contributed by atoms with Gasteiger partial charge in [-0.3, -0.25) is 0 Å². The van der Waals surface area contributed by atoms with Crippen molar-refractivity contribution < 1.29 is 4.74 Å². The number of nitrogens with zero attached hydrogens (tertiary/aromatic N) is 4. The highest BCUT2D eigenvalue weighted by Gasteiger charge is 2.19. The second-order valence-electron chi connectivity index (χ2n) is 4.34. The first kappa shape index (κ1) is 11.7. The summed E-state index contributed by atoms with van der Waals surface area (Å²) in [6.07, 6.45) is 1.81. The normalized spacial score (nSPS) is 16.4. The van der Waals surface area contributed by atoms with Crippen molar-refractivity contribution in [2.45, 2.75) is 12.8 Å². The molecule has 3 rings (SSSR count). The van der Waals surface area contributed by atoms with Gasteiger partial charge in [-0.25, -0.2) is 14.6 Å². The van der Waals surface area contributed by atoms with E-state index >= 15 is 0 Å². The SMILES string of the molecule is Cc1ccnc2c1nc(CCl)n2N1CCOCC1. The molecule has 3 heterocycles. The van der Waals surface area contributed by atoms with E-state index in [1.165, 1.54) is 0 Å². The lowest BCUT2D eigenvalue weighted by Crippen LogP contribution is -2.44. The largest absolute Gasteiger partial charge is 0.378 e. The van der Waals surface area contributed by atoms with Gasteiger partial charge >= 0.3 is 0 Å². The molecule has 0 bridgehead atoms. The van der Waals surface area contributed by atoms with Gasteiger partial charge in [0.25, 0.3) is 0 Å². The van der Waals surface area contributed by atoms with Crippen molar-refractivity contribution in [1.82, 2.24) is 14.6 Å². The summed E-state index contributed by atoms with van der Waals surface area (Å²) < 4.78 is 7.42. The topological polar surface area (TPSA) is 43.2 Å². The molecule has 0 N–H and O–H groups in total. The molecule has 5 nitrogen and oxygen atoms in total. The monoisotopic (exact) mass is 266 g/mol. The van der Waals surface area contributed by atoms with Crippen LogP contribution in [0.1, 0.15) is 11.4 Å². The Morgan fingerprint density at radius 3 is 2.89 bits per heavy atom. The maximum atomic E-state index is 6.01. The summed E-state index contributed by atoms with van der Waals surface area (Å²) >= 11 is 6.01. The number of fused-ring (bicyclic) bond motifs is 1. The molecule has 0 aliphatic carbocycles. The number of rotatable bonds is 2. The standard InChI is InChI=1S/C12H15ClN4O/c1-9-2-3-14-12-11(9)15-10(8-13)17(12)16-4-6-18-7-5-16/h2-3H,4-8H2,1H3. The van der Waals surface area contributed by atoms with Gasteiger partial charge in [0.05, 0.1) is 32.2 Å². The molecule has 18 heavy (non-hydrogen) atoms. The number of hydrogen-bond donors (Lipinski definition) is 0. The van der Waals surface area contributed by atoms with Crippen molar-refractivity contribution >= 4 is 22.8 Å². The molecule has 1 aliphatic rings. The lowest BCUT2D eigenvalue weighted by atomic mass is 10.3. The predicted molar refractivity (Wildman–Crippen MR) is 70.6 cm³/mol. The van der Waals surface area contributed by atoms with Crippen molar-refractivity contribution in [3.63, 3.8) is 0 Å². The molecule has 0 spiro atoms. The number of aromatic nitrogens is 3. The van der Waals surface area contributed by atoms with Crippen molar-refractivity contribution in [3.8, 4) is 0 Å². The van der Waals surface area contributed by atoms with Crippen LogP contribution >= 0.6 is 11.6 Å². The van der Waals surface area contributed by atoms with Gasteiger partial charge in [-0.05, 0) is 18.6 Å². The number of alkyl halides is 1. The molecular weight excluding hydrogens is 252 g/mol. The van der Waals surface area contributed by atoms with E-state index in [2.05, 4.69) is 15.0 Å². The molecule has 2 aromatic heterocycles. The molecule has 0 aromatic carbocycles. The van der Waals surface area contributed by atoms with Gasteiger partial charge < -0.3 is 9.75 Å². The second-order valence-corrected chi connectivity index (χ2v) is 4.61. The first-order chi connectivity index (χ1) is 8.81. The van der Waals surface area contributed by atoms with Gasteiger partial charge in [0.2, 0.25) is 0 Å². The van der Waals surface area contributed by atoms with E-state index < -0.39 is 0 Å². The van der Waals surface area contributed by atoms with Crippen LogP contribution in [0.5, 0.6) is 0 Å². The van der Waals surface area contributed by atoms with Crippen LogP contribution in [-0.2, 0) is 10.6 Å². The number of morpholine rings is 1. The molecule has 1 fully saturated rings. The summed E-state index contributed by atoms with van der Waals surface area (Å²) in [6, 6.07) is 1.97. The zero-order valence-corrected chi connectivity index (χ0v) is 11.0. The van der Waals surface area contributed by atoms with Crippen LogP contribution in [0, 0.1) is 6.92 Å². The van der Waals surface area contributed by atoms with Crippen LogP contribution in [0.3, 0.4) is 0 Å². The highest BCUT2D eigenvalue weighted by molar-refractivity contribution is 6.16. The quantitative estimate of drug-likeness (QED) is 0.772. The van der Waals surface area contributed by atoms with E-state index in [-0.39, 0.29) is 0 Å². The molecule has 1 saturated heterocycles. The van der Waals surface area contributed by atoms with Crippen molar-refractivity contribution in [2.75, 3.05) is 31.3 Å². The number of aryl methyl sites for hydroxylation is 1. The highest BCUT2D eigenvalue weighted by atomic mass is 35.5. The third kappa shape index (κ3) is 1.83. The first-order valence-electron chi connectivity index (χ1n) is 6.03. The summed E-state index contributed by atoms with van der Waals surface area (Å²) in [5, 5.41) is 2.20. The minimum absolute atomic E-state index is 0.382. The number of hydrogen-bond acceptors (Lipinski definition) is 4. The maximum Gasteiger partial charge on any atom is 0.179 e. The fourth-order valence-electron chi connectivity index (χ4n) is 2.27. The number of imidazole rings is 1. The maximum absolute atomic E-state index is 6.01. The average Bonchev–Trinajstić information content (AvgIpc) is 2.80. The minimum Gasteiger partial charge on any atom is -0.378 e. The molecule has 2 aromatic rings. The van der Waals surface area contributed by atoms with E-state index in [0.717, 1.165) is 48.9 Å². The van der Waals surface area contributed by atoms with E-state index in [0.29, 0.717) is 5.88 Å². The molecule has 0 unspecified atom stereocenters. The fraction of sp³-hybridized carbons (Fsp3) is 0.500. The lowest BCUT2D eigenvalue weighted by molar-refractivity contribution is 0.111. The summed E-state index contributed by atoms with van der Waals surface area (Å²) in [5.74, 6) is 1.23. The molecule has 0 amide bonds. The Bertz CT molecular complexity index is 562. The van der Waals surface area contributed by atoms with Crippen molar-refractivity contribution in [2.24, 2.45) is 0 Å². The van der Waals surface area contributed by atoms with E-state index in [9.17, 15) is 0 Å². The van der Waals surface area contributed by atoms with Gasteiger partial charge in [-0.15, -0.1) is 11.6 Å². The Kier molecular flexibility index (Phi) is 3.09. The van der Waals surface area contributed by atoms with E-state index in [1.807, 2.05) is 23.9 Å². The zero-order valence-electron chi connectivity index (χ0n) is 10.3. The highest BCUT2D eigenvalue weighted by Crippen LogP contribution is 2.19. The first-order valence-corrected chi connectivity index (χ1v) is 6.56. The molecule has 1 aliphatic heterocycles. The molecule has 0 saturated carbocycles. The zero-order chi connectivity index (χ0) is 12.5. The predicted octanol–water partition coefficient (Wildman–Crippen LogP) is 1.45. The molecule has 0 radical (unpaired) electrons. The minimum atomic E-state index is 0.382. The fourth-order valence-corrected chi connectivity index (χ4v) is 2.44. The smallest absolute Gasteiger partial charge is 0.179 e. The van der Waals surface area contributed by atoms with Gasteiger partial charge in [-0.1, -0.05) is 0 Å². The van der Waals surface area contributed by atoms with Crippen LogP contribution in [0.2, 0.25) is 0 Å². The second kappa shape index (κ2) is 4.74. The van der Waals surface area contributed by atoms with Crippen LogP contribution in [0.25, 0.3) is 11.2 Å². The summed E-state index contributed by atoms with van der Waals surface area (Å²) in [4.78, 5) is 9.04. The molecule has 6 heteroatoms. The summed E-state index contributed by atoms with van der Waals surface area (Å²) in [7, 11) is 0. The van der Waals surface area contributed by atoms with Crippen molar-refractivity contribution in [3.05, 3.63) is 23.7 Å². The number of ether oxygens (including phenoxy) is 1. The average molecular weight is 267 g/mol. The van der Waals surface area contributed by atoms with Crippen LogP contribution in [0.15, 0.2) is 12.3 Å². The van der Waals surface area contributed by atoms with Gasteiger partial charge in [0.1, 0.15) is 11.3 Å². The number of halogens is 1. The Hall–Kier alpha value is -1.33. The van der Waals surface area contributed by atoms with Crippen molar-refractivity contribution in [1.29, 1.82) is 0 Å². The van der Waals surface area contributed by atoms with Crippen LogP contribution in [-0.4, -0.2) is 40.9 Å². The third-order valence-electron chi connectivity index (χ3n) is 3.18. The third-order valence-corrected chi connectivity index (χ3v) is 3.42. The van der Waals surface area contributed by atoms with Gasteiger partial charge in [0, 0.05) is 6.20 Å². The molecule has 96 valence electrons. The van der Waals surface area contributed by atoms with Gasteiger partial charge in [0.15, 0.2) is 5.65 Å². The lowest BCUT2D eigenvalue weighted by Gasteiger charge is -2.30. The van der Waals surface area contributed by atoms with Crippen LogP contribution < -0.4 is 5.01 Å². The Balaban J connectivity index is 2.16.